The smallest absolute Gasteiger partial charge is 0.255 e. The molecule has 0 unspecified atom stereocenters. The van der Waals surface area contributed by atoms with Crippen molar-refractivity contribution in [2.45, 2.75) is 4.90 Å². The molecule has 0 atom stereocenters. The van der Waals surface area contributed by atoms with Crippen molar-refractivity contribution >= 4 is 23.4 Å². The van der Waals surface area contributed by atoms with Gasteiger partial charge in [0, 0.05) is 22.7 Å². The molecule has 0 aromatic heterocycles. The second-order valence-electron chi connectivity index (χ2n) is 4.34. The highest BCUT2D eigenvalue weighted by Gasteiger charge is 2.06. The Bertz CT molecular complexity index is 582. The van der Waals surface area contributed by atoms with Gasteiger partial charge in [0.25, 0.3) is 5.91 Å². The van der Waals surface area contributed by atoms with Gasteiger partial charge < -0.3 is 15.8 Å². The molecule has 110 valence electrons. The maximum Gasteiger partial charge on any atom is 0.255 e. The van der Waals surface area contributed by atoms with Crippen molar-refractivity contribution in [1.82, 2.24) is 0 Å². The Balaban J connectivity index is 1.98. The van der Waals surface area contributed by atoms with E-state index in [9.17, 15) is 4.79 Å². The first kappa shape index (κ1) is 15.4. The lowest BCUT2D eigenvalue weighted by Crippen LogP contribution is -2.12. The van der Waals surface area contributed by atoms with E-state index < -0.39 is 0 Å². The largest absolute Gasteiger partial charge is 0.492 e. The summed E-state index contributed by atoms with van der Waals surface area (Å²) < 4.78 is 5.39. The molecule has 2 rings (SSSR count). The van der Waals surface area contributed by atoms with E-state index in [1.807, 2.05) is 42.7 Å². The van der Waals surface area contributed by atoms with Crippen LogP contribution in [-0.2, 0) is 0 Å². The van der Waals surface area contributed by atoms with Gasteiger partial charge in [-0.1, -0.05) is 0 Å². The van der Waals surface area contributed by atoms with Gasteiger partial charge in [0.1, 0.15) is 12.4 Å². The van der Waals surface area contributed by atoms with E-state index in [1.165, 1.54) is 0 Å². The van der Waals surface area contributed by atoms with Gasteiger partial charge in [-0.25, -0.2) is 0 Å². The van der Waals surface area contributed by atoms with Gasteiger partial charge in [-0.3, -0.25) is 4.79 Å². The summed E-state index contributed by atoms with van der Waals surface area (Å²) >= 11 is 1.65. The molecular formula is C16H18N2O2S. The molecule has 0 saturated heterocycles. The Labute approximate surface area is 128 Å². The molecule has 0 saturated carbocycles. The SMILES string of the molecule is CSc1ccc(C(=O)Nc2ccc(OCCN)cc2)cc1. The zero-order valence-corrected chi connectivity index (χ0v) is 12.7. The number of thioether (sulfide) groups is 1. The van der Waals surface area contributed by atoms with Crippen LogP contribution >= 0.6 is 11.8 Å². The van der Waals surface area contributed by atoms with E-state index in [1.54, 1.807) is 23.9 Å². The Morgan fingerprint density at radius 2 is 1.81 bits per heavy atom. The zero-order valence-electron chi connectivity index (χ0n) is 11.8. The number of anilines is 1. The van der Waals surface area contributed by atoms with Crippen LogP contribution in [-0.4, -0.2) is 25.3 Å². The minimum atomic E-state index is -0.127. The highest BCUT2D eigenvalue weighted by molar-refractivity contribution is 7.98. The van der Waals surface area contributed by atoms with E-state index in [0.29, 0.717) is 18.7 Å². The number of nitrogens with one attached hydrogen (secondary N) is 1. The molecular weight excluding hydrogens is 284 g/mol. The number of carbonyl (C=O) groups excluding carboxylic acids is 1. The van der Waals surface area contributed by atoms with Gasteiger partial charge in [0.15, 0.2) is 0 Å². The lowest BCUT2D eigenvalue weighted by atomic mass is 10.2. The topological polar surface area (TPSA) is 64.3 Å². The van der Waals surface area contributed by atoms with Crippen molar-refractivity contribution < 1.29 is 9.53 Å². The van der Waals surface area contributed by atoms with Gasteiger partial charge >= 0.3 is 0 Å². The average molecular weight is 302 g/mol. The van der Waals surface area contributed by atoms with Crippen LogP contribution in [0.4, 0.5) is 5.69 Å². The minimum Gasteiger partial charge on any atom is -0.492 e. The summed E-state index contributed by atoms with van der Waals surface area (Å²) in [6, 6.07) is 14.7. The van der Waals surface area contributed by atoms with Crippen LogP contribution in [0, 0.1) is 0 Å². The maximum absolute atomic E-state index is 12.1. The predicted octanol–water partition coefficient (Wildman–Crippen LogP) is 3.00. The monoisotopic (exact) mass is 302 g/mol. The molecule has 2 aromatic rings. The van der Waals surface area contributed by atoms with E-state index in [0.717, 1.165) is 16.3 Å². The fourth-order valence-corrected chi connectivity index (χ4v) is 2.17. The van der Waals surface area contributed by atoms with Gasteiger partial charge in [-0.05, 0) is 54.8 Å². The number of ether oxygens (including phenoxy) is 1. The number of nitrogens with two attached hydrogens (primary N) is 1. The highest BCUT2D eigenvalue weighted by Crippen LogP contribution is 2.18. The normalized spacial score (nSPS) is 10.2. The Hall–Kier alpha value is -1.98. The zero-order chi connectivity index (χ0) is 15.1. The van der Waals surface area contributed by atoms with E-state index in [-0.39, 0.29) is 5.91 Å². The van der Waals surface area contributed by atoms with Gasteiger partial charge in [-0.15, -0.1) is 11.8 Å². The van der Waals surface area contributed by atoms with Crippen molar-refractivity contribution in [3.8, 4) is 5.75 Å². The van der Waals surface area contributed by atoms with Crippen molar-refractivity contribution in [3.05, 3.63) is 54.1 Å². The van der Waals surface area contributed by atoms with Crippen molar-refractivity contribution in [2.75, 3.05) is 24.7 Å². The minimum absolute atomic E-state index is 0.127. The number of benzene rings is 2. The molecule has 0 fully saturated rings. The molecule has 2 aromatic carbocycles. The maximum atomic E-state index is 12.1. The summed E-state index contributed by atoms with van der Waals surface area (Å²) in [5, 5.41) is 2.85. The first-order valence-corrected chi connectivity index (χ1v) is 7.84. The first-order valence-electron chi connectivity index (χ1n) is 6.61. The van der Waals surface area contributed by atoms with Crippen LogP contribution in [0.3, 0.4) is 0 Å². The average Bonchev–Trinajstić information content (AvgIpc) is 2.54. The molecule has 3 N–H and O–H groups in total. The quantitative estimate of drug-likeness (QED) is 0.805. The lowest BCUT2D eigenvalue weighted by Gasteiger charge is -2.08. The molecule has 4 nitrogen and oxygen atoms in total. The number of amides is 1. The predicted molar refractivity (Wildman–Crippen MR) is 87.2 cm³/mol. The first-order chi connectivity index (χ1) is 10.2. The fourth-order valence-electron chi connectivity index (χ4n) is 1.76. The third kappa shape index (κ3) is 4.51. The molecule has 0 aliphatic carbocycles. The number of carbonyl (C=O) groups is 1. The molecule has 0 bridgehead atoms. The molecule has 0 aliphatic rings. The summed E-state index contributed by atoms with van der Waals surface area (Å²) in [6.45, 7) is 0.956. The summed E-state index contributed by atoms with van der Waals surface area (Å²) in [5.74, 6) is 0.612. The van der Waals surface area contributed by atoms with Crippen LogP contribution in [0.2, 0.25) is 0 Å². The highest BCUT2D eigenvalue weighted by atomic mass is 32.2. The lowest BCUT2D eigenvalue weighted by molar-refractivity contribution is 0.102. The van der Waals surface area contributed by atoms with Crippen molar-refractivity contribution in [2.24, 2.45) is 5.73 Å². The van der Waals surface area contributed by atoms with E-state index in [2.05, 4.69) is 5.32 Å². The third-order valence-corrected chi connectivity index (χ3v) is 3.59. The van der Waals surface area contributed by atoms with Gasteiger partial charge in [-0.2, -0.15) is 0 Å². The standard InChI is InChI=1S/C16H18N2O2S/c1-21-15-8-2-12(3-9-15)16(19)18-13-4-6-14(7-5-13)20-11-10-17/h2-9H,10-11,17H2,1H3,(H,18,19). The molecule has 0 radical (unpaired) electrons. The third-order valence-electron chi connectivity index (χ3n) is 2.85. The summed E-state index contributed by atoms with van der Waals surface area (Å²) in [5.41, 5.74) is 6.74. The molecule has 5 heteroatoms. The molecule has 0 heterocycles. The summed E-state index contributed by atoms with van der Waals surface area (Å²) in [6.07, 6.45) is 2.00. The van der Waals surface area contributed by atoms with E-state index in [4.69, 9.17) is 10.5 Å². The van der Waals surface area contributed by atoms with Gasteiger partial charge in [0.05, 0.1) is 0 Å². The molecule has 0 aliphatic heterocycles. The van der Waals surface area contributed by atoms with Crippen LogP contribution in [0.25, 0.3) is 0 Å². The van der Waals surface area contributed by atoms with Crippen LogP contribution in [0.1, 0.15) is 10.4 Å². The summed E-state index contributed by atoms with van der Waals surface area (Å²) in [7, 11) is 0. The van der Waals surface area contributed by atoms with Crippen LogP contribution in [0.15, 0.2) is 53.4 Å². The number of hydrogen-bond acceptors (Lipinski definition) is 4. The molecule has 0 spiro atoms. The Kier molecular flexibility index (Phi) is 5.66. The van der Waals surface area contributed by atoms with E-state index >= 15 is 0 Å². The van der Waals surface area contributed by atoms with Crippen LogP contribution in [0.5, 0.6) is 5.75 Å². The second kappa shape index (κ2) is 7.71. The molecule has 1 amide bonds. The van der Waals surface area contributed by atoms with Crippen molar-refractivity contribution in [1.29, 1.82) is 0 Å². The van der Waals surface area contributed by atoms with Crippen LogP contribution < -0.4 is 15.8 Å². The Morgan fingerprint density at radius 1 is 1.14 bits per heavy atom. The Morgan fingerprint density at radius 3 is 2.38 bits per heavy atom. The van der Waals surface area contributed by atoms with Gasteiger partial charge in [0.2, 0.25) is 0 Å². The fraction of sp³-hybridized carbons (Fsp3) is 0.188. The summed E-state index contributed by atoms with van der Waals surface area (Å²) in [4.78, 5) is 13.2. The molecule has 21 heavy (non-hydrogen) atoms. The van der Waals surface area contributed by atoms with Crippen molar-refractivity contribution in [3.63, 3.8) is 0 Å². The number of rotatable bonds is 6. The number of hydrogen-bond donors (Lipinski definition) is 2. The second-order valence-corrected chi connectivity index (χ2v) is 5.22.